The molecule has 2 aliphatic rings. The Bertz CT molecular complexity index is 349. The van der Waals surface area contributed by atoms with Crippen LogP contribution < -0.4 is 0 Å². The van der Waals surface area contributed by atoms with Crippen LogP contribution in [0.4, 0.5) is 0 Å². The summed E-state index contributed by atoms with van der Waals surface area (Å²) in [7, 11) is 2.06. The van der Waals surface area contributed by atoms with Gasteiger partial charge in [-0.15, -0.1) is 0 Å². The van der Waals surface area contributed by atoms with E-state index in [1.807, 2.05) is 4.68 Å². The zero-order chi connectivity index (χ0) is 10.3. The van der Waals surface area contributed by atoms with Crippen LogP contribution in [0.2, 0.25) is 0 Å². The molecule has 0 spiro atoms. The molecule has 3 rings (SSSR count). The van der Waals surface area contributed by atoms with Crippen molar-refractivity contribution in [3.8, 4) is 0 Å². The number of ether oxygens (including phenoxy) is 1. The molecule has 82 valence electrons. The topological polar surface area (TPSA) is 27.1 Å². The van der Waals surface area contributed by atoms with E-state index in [4.69, 9.17) is 4.74 Å². The zero-order valence-electron chi connectivity index (χ0n) is 9.28. The van der Waals surface area contributed by atoms with Crippen molar-refractivity contribution < 1.29 is 4.74 Å². The zero-order valence-corrected chi connectivity index (χ0v) is 9.28. The molecule has 1 saturated carbocycles. The predicted molar refractivity (Wildman–Crippen MR) is 57.7 cm³/mol. The second-order valence-electron chi connectivity index (χ2n) is 4.75. The lowest BCUT2D eigenvalue weighted by Gasteiger charge is -2.20. The standard InChI is InChI=1S/C12H18N2O/c1-14-11(9-5-6-9)8-10(13-14)12-4-2-3-7-15-12/h8-9,12H,2-7H2,1H3/t12-/m1/s1. The first-order valence-corrected chi connectivity index (χ1v) is 6.00. The Hall–Kier alpha value is -0.830. The molecular formula is C12H18N2O. The van der Waals surface area contributed by atoms with Gasteiger partial charge in [0.15, 0.2) is 0 Å². The van der Waals surface area contributed by atoms with E-state index in [2.05, 4.69) is 18.2 Å². The van der Waals surface area contributed by atoms with Gasteiger partial charge in [0.05, 0.1) is 5.69 Å². The van der Waals surface area contributed by atoms with Crippen molar-refractivity contribution in [2.45, 2.75) is 44.1 Å². The summed E-state index contributed by atoms with van der Waals surface area (Å²) in [6.45, 7) is 0.903. The molecule has 1 aliphatic heterocycles. The molecule has 15 heavy (non-hydrogen) atoms. The monoisotopic (exact) mass is 206 g/mol. The normalized spacial score (nSPS) is 26.9. The third-order valence-corrected chi connectivity index (χ3v) is 3.44. The fourth-order valence-electron chi connectivity index (χ4n) is 2.40. The number of aryl methyl sites for hydroxylation is 1. The summed E-state index contributed by atoms with van der Waals surface area (Å²) >= 11 is 0. The van der Waals surface area contributed by atoms with Crippen LogP contribution in [0.25, 0.3) is 0 Å². The fourth-order valence-corrected chi connectivity index (χ4v) is 2.40. The highest BCUT2D eigenvalue weighted by Crippen LogP contribution is 2.41. The van der Waals surface area contributed by atoms with Gasteiger partial charge in [0.1, 0.15) is 6.10 Å². The van der Waals surface area contributed by atoms with E-state index < -0.39 is 0 Å². The average Bonchev–Trinajstić information content (AvgIpc) is 3.04. The summed E-state index contributed by atoms with van der Waals surface area (Å²) in [5.41, 5.74) is 2.55. The number of aromatic nitrogens is 2. The quantitative estimate of drug-likeness (QED) is 0.743. The van der Waals surface area contributed by atoms with Gasteiger partial charge in [0, 0.05) is 25.3 Å². The molecule has 0 bridgehead atoms. The first-order chi connectivity index (χ1) is 7.34. The first kappa shape index (κ1) is 9.40. The van der Waals surface area contributed by atoms with Gasteiger partial charge in [-0.3, -0.25) is 4.68 Å². The molecule has 1 aromatic heterocycles. The Balaban J connectivity index is 1.81. The van der Waals surface area contributed by atoms with Crippen molar-refractivity contribution >= 4 is 0 Å². The second-order valence-corrected chi connectivity index (χ2v) is 4.75. The van der Waals surface area contributed by atoms with Crippen LogP contribution in [-0.4, -0.2) is 16.4 Å². The van der Waals surface area contributed by atoms with Crippen LogP contribution in [0, 0.1) is 0 Å². The number of hydrogen-bond donors (Lipinski definition) is 0. The van der Waals surface area contributed by atoms with Crippen molar-refractivity contribution in [1.29, 1.82) is 0 Å². The summed E-state index contributed by atoms with van der Waals surface area (Å²) in [4.78, 5) is 0. The summed E-state index contributed by atoms with van der Waals surface area (Å²) in [5, 5.41) is 4.59. The van der Waals surface area contributed by atoms with Crippen molar-refractivity contribution in [2.75, 3.05) is 6.61 Å². The van der Waals surface area contributed by atoms with Crippen LogP contribution in [-0.2, 0) is 11.8 Å². The lowest BCUT2D eigenvalue weighted by Crippen LogP contribution is -2.12. The second kappa shape index (κ2) is 3.63. The van der Waals surface area contributed by atoms with Gasteiger partial charge in [-0.1, -0.05) is 0 Å². The summed E-state index contributed by atoms with van der Waals surface area (Å²) in [6.07, 6.45) is 6.56. The summed E-state index contributed by atoms with van der Waals surface area (Å²) in [5.74, 6) is 0.778. The largest absolute Gasteiger partial charge is 0.372 e. The Morgan fingerprint density at radius 1 is 1.33 bits per heavy atom. The van der Waals surface area contributed by atoms with Gasteiger partial charge in [-0.25, -0.2) is 0 Å². The molecule has 0 aromatic carbocycles. The molecular weight excluding hydrogens is 188 g/mol. The Morgan fingerprint density at radius 3 is 2.87 bits per heavy atom. The van der Waals surface area contributed by atoms with E-state index in [1.165, 1.54) is 31.4 Å². The summed E-state index contributed by atoms with van der Waals surface area (Å²) in [6, 6.07) is 2.26. The molecule has 1 saturated heterocycles. The molecule has 3 nitrogen and oxygen atoms in total. The molecule has 0 N–H and O–H groups in total. The lowest BCUT2D eigenvalue weighted by molar-refractivity contribution is 0.0120. The van der Waals surface area contributed by atoms with Crippen molar-refractivity contribution in [3.63, 3.8) is 0 Å². The minimum Gasteiger partial charge on any atom is -0.372 e. The lowest BCUT2D eigenvalue weighted by atomic mass is 10.1. The van der Waals surface area contributed by atoms with E-state index in [0.29, 0.717) is 0 Å². The third kappa shape index (κ3) is 1.81. The SMILES string of the molecule is Cn1nc([C@H]2CCCCO2)cc1C1CC1. The highest BCUT2D eigenvalue weighted by molar-refractivity contribution is 5.20. The minimum absolute atomic E-state index is 0.262. The molecule has 3 heteroatoms. The smallest absolute Gasteiger partial charge is 0.101 e. The van der Waals surface area contributed by atoms with Crippen molar-refractivity contribution in [1.82, 2.24) is 9.78 Å². The first-order valence-electron chi connectivity index (χ1n) is 6.00. The van der Waals surface area contributed by atoms with Crippen LogP contribution in [0.5, 0.6) is 0 Å². The Labute approximate surface area is 90.4 Å². The van der Waals surface area contributed by atoms with E-state index in [9.17, 15) is 0 Å². The maximum atomic E-state index is 5.76. The van der Waals surface area contributed by atoms with Crippen LogP contribution in [0.15, 0.2) is 6.07 Å². The van der Waals surface area contributed by atoms with Gasteiger partial charge in [0.2, 0.25) is 0 Å². The van der Waals surface area contributed by atoms with Gasteiger partial charge >= 0.3 is 0 Å². The van der Waals surface area contributed by atoms with E-state index in [0.717, 1.165) is 24.6 Å². The van der Waals surface area contributed by atoms with Gasteiger partial charge in [-0.05, 0) is 38.2 Å². The highest BCUT2D eigenvalue weighted by Gasteiger charge is 2.29. The molecule has 0 radical (unpaired) electrons. The van der Waals surface area contributed by atoms with Crippen LogP contribution in [0.3, 0.4) is 0 Å². The maximum absolute atomic E-state index is 5.76. The fraction of sp³-hybridized carbons (Fsp3) is 0.750. The molecule has 2 heterocycles. The number of hydrogen-bond acceptors (Lipinski definition) is 2. The predicted octanol–water partition coefficient (Wildman–Crippen LogP) is 2.54. The Morgan fingerprint density at radius 2 is 2.20 bits per heavy atom. The van der Waals surface area contributed by atoms with Crippen molar-refractivity contribution in [3.05, 3.63) is 17.5 Å². The van der Waals surface area contributed by atoms with E-state index in [-0.39, 0.29) is 6.10 Å². The Kier molecular flexibility index (Phi) is 2.28. The van der Waals surface area contributed by atoms with Gasteiger partial charge in [0.25, 0.3) is 0 Å². The molecule has 1 aliphatic carbocycles. The number of nitrogens with zero attached hydrogens (tertiary/aromatic N) is 2. The molecule has 0 amide bonds. The van der Waals surface area contributed by atoms with E-state index >= 15 is 0 Å². The summed E-state index contributed by atoms with van der Waals surface area (Å²) < 4.78 is 7.80. The maximum Gasteiger partial charge on any atom is 0.101 e. The van der Waals surface area contributed by atoms with Gasteiger partial charge < -0.3 is 4.74 Å². The molecule has 2 fully saturated rings. The van der Waals surface area contributed by atoms with Crippen LogP contribution >= 0.6 is 0 Å². The molecule has 1 aromatic rings. The average molecular weight is 206 g/mol. The van der Waals surface area contributed by atoms with Crippen LogP contribution in [0.1, 0.15) is 55.5 Å². The highest BCUT2D eigenvalue weighted by atomic mass is 16.5. The van der Waals surface area contributed by atoms with Gasteiger partial charge in [-0.2, -0.15) is 5.10 Å². The minimum atomic E-state index is 0.262. The third-order valence-electron chi connectivity index (χ3n) is 3.44. The molecule has 1 atom stereocenters. The number of rotatable bonds is 2. The van der Waals surface area contributed by atoms with E-state index in [1.54, 1.807) is 0 Å². The molecule has 0 unspecified atom stereocenters. The van der Waals surface area contributed by atoms with Crippen molar-refractivity contribution in [2.24, 2.45) is 7.05 Å².